The number of guanidine groups is 1. The first-order valence-corrected chi connectivity index (χ1v) is 10.2. The Kier molecular flexibility index (Phi) is 9.23. The first kappa shape index (κ1) is 24.0. The minimum absolute atomic E-state index is 0. The van der Waals surface area contributed by atoms with Gasteiger partial charge in [0.05, 0.1) is 12.2 Å². The van der Waals surface area contributed by atoms with Gasteiger partial charge >= 0.3 is 0 Å². The topological polar surface area (TPSA) is 48.7 Å². The molecule has 0 amide bonds. The molecule has 1 aliphatic rings. The third-order valence-corrected chi connectivity index (χ3v) is 5.66. The van der Waals surface area contributed by atoms with Gasteiger partial charge in [-0.3, -0.25) is 9.67 Å². The van der Waals surface area contributed by atoms with Crippen LogP contribution in [-0.4, -0.2) is 66.3 Å². The molecule has 2 atom stereocenters. The van der Waals surface area contributed by atoms with Crippen LogP contribution in [0.5, 0.6) is 0 Å². The quantitative estimate of drug-likeness (QED) is 0.353. The average molecular weight is 531 g/mol. The minimum atomic E-state index is 0. The zero-order valence-corrected chi connectivity index (χ0v) is 20.8. The molecule has 2 unspecified atom stereocenters. The fourth-order valence-corrected chi connectivity index (χ4v) is 4.03. The van der Waals surface area contributed by atoms with Crippen molar-refractivity contribution >= 4 is 41.5 Å². The predicted molar refractivity (Wildman–Crippen MR) is 131 cm³/mol. The lowest BCUT2D eigenvalue weighted by molar-refractivity contribution is 0.295. The Morgan fingerprint density at radius 2 is 2.07 bits per heavy atom. The molecule has 3 rings (SSSR count). The van der Waals surface area contributed by atoms with Gasteiger partial charge in [-0.2, -0.15) is 5.10 Å². The Hall–Kier alpha value is -1.32. The standard InChI is InChI=1S/C21H31ClN6.HI/c1-23-21(24-13-20(26(2)3)18-5-7-19(22)8-6-18)28-10-9-16(15-28)11-17-12-25-27(4)14-17;/h5-8,12,14,16,20H,9-11,13,15H2,1-4H3,(H,23,24);1H. The normalized spacial score (nSPS) is 18.1. The molecule has 6 nitrogen and oxygen atoms in total. The molecule has 0 spiro atoms. The highest BCUT2D eigenvalue weighted by Crippen LogP contribution is 2.22. The fourth-order valence-electron chi connectivity index (χ4n) is 3.91. The summed E-state index contributed by atoms with van der Waals surface area (Å²) in [7, 11) is 8.04. The third kappa shape index (κ3) is 6.58. The van der Waals surface area contributed by atoms with Crippen LogP contribution in [0, 0.1) is 5.92 Å². The van der Waals surface area contributed by atoms with Crippen LogP contribution in [0.15, 0.2) is 41.7 Å². The summed E-state index contributed by atoms with van der Waals surface area (Å²) in [5.41, 5.74) is 2.56. The SMILES string of the molecule is CN=C(NCC(c1ccc(Cl)cc1)N(C)C)N1CCC(Cc2cnn(C)c2)C1.I. The predicted octanol–water partition coefficient (Wildman–Crippen LogP) is 3.43. The first-order chi connectivity index (χ1) is 13.5. The summed E-state index contributed by atoms with van der Waals surface area (Å²) in [5.74, 6) is 1.62. The van der Waals surface area contributed by atoms with Gasteiger partial charge in [-0.25, -0.2) is 0 Å². The molecule has 1 aromatic heterocycles. The molecule has 1 aliphatic heterocycles. The van der Waals surface area contributed by atoms with Crippen LogP contribution < -0.4 is 5.32 Å². The first-order valence-electron chi connectivity index (χ1n) is 9.81. The second kappa shape index (κ2) is 11.2. The Bertz CT molecular complexity index is 789. The van der Waals surface area contributed by atoms with Crippen molar-refractivity contribution in [1.29, 1.82) is 0 Å². The van der Waals surface area contributed by atoms with E-state index in [1.807, 2.05) is 37.1 Å². The number of likely N-dealkylation sites (N-methyl/N-ethyl adjacent to an activating group) is 1. The lowest BCUT2D eigenvalue weighted by Gasteiger charge is -2.28. The van der Waals surface area contributed by atoms with Gasteiger partial charge in [0, 0.05) is 44.9 Å². The largest absolute Gasteiger partial charge is 0.354 e. The van der Waals surface area contributed by atoms with Crippen molar-refractivity contribution in [1.82, 2.24) is 24.9 Å². The van der Waals surface area contributed by atoms with Crippen LogP contribution >= 0.6 is 35.6 Å². The summed E-state index contributed by atoms with van der Waals surface area (Å²) in [4.78, 5) is 9.12. The highest BCUT2D eigenvalue weighted by atomic mass is 127. The molecular weight excluding hydrogens is 499 g/mol. The molecule has 0 saturated carbocycles. The number of halogens is 2. The van der Waals surface area contributed by atoms with E-state index in [1.165, 1.54) is 17.5 Å². The molecule has 8 heteroatoms. The van der Waals surface area contributed by atoms with Gasteiger partial charge in [0.2, 0.25) is 0 Å². The van der Waals surface area contributed by atoms with Gasteiger partial charge in [-0.05, 0) is 56.1 Å². The number of benzene rings is 1. The van der Waals surface area contributed by atoms with Gasteiger partial charge in [-0.15, -0.1) is 24.0 Å². The molecule has 2 heterocycles. The number of nitrogens with zero attached hydrogens (tertiary/aromatic N) is 5. The number of aromatic nitrogens is 2. The van der Waals surface area contributed by atoms with Gasteiger partial charge in [-0.1, -0.05) is 23.7 Å². The summed E-state index contributed by atoms with van der Waals surface area (Å²) in [6.07, 6.45) is 6.35. The molecular formula is C21H32ClIN6. The summed E-state index contributed by atoms with van der Waals surface area (Å²) in [6.45, 7) is 2.87. The maximum Gasteiger partial charge on any atom is 0.193 e. The van der Waals surface area contributed by atoms with E-state index in [9.17, 15) is 0 Å². The molecule has 1 aromatic carbocycles. The van der Waals surface area contributed by atoms with E-state index in [-0.39, 0.29) is 30.0 Å². The van der Waals surface area contributed by atoms with E-state index >= 15 is 0 Å². The van der Waals surface area contributed by atoms with Crippen molar-refractivity contribution < 1.29 is 0 Å². The van der Waals surface area contributed by atoms with Crippen LogP contribution in [0.25, 0.3) is 0 Å². The maximum absolute atomic E-state index is 6.04. The molecule has 0 bridgehead atoms. The molecule has 0 radical (unpaired) electrons. The molecule has 0 aliphatic carbocycles. The average Bonchev–Trinajstić information content (AvgIpc) is 3.29. The Morgan fingerprint density at radius 3 is 2.66 bits per heavy atom. The summed E-state index contributed by atoms with van der Waals surface area (Å²) in [5, 5.41) is 8.63. The van der Waals surface area contributed by atoms with Crippen LogP contribution in [0.4, 0.5) is 0 Å². The zero-order chi connectivity index (χ0) is 20.1. The molecule has 1 fully saturated rings. The zero-order valence-electron chi connectivity index (χ0n) is 17.7. The second-order valence-corrected chi connectivity index (χ2v) is 8.22. The van der Waals surface area contributed by atoms with Crippen LogP contribution in [0.3, 0.4) is 0 Å². The maximum atomic E-state index is 6.04. The van der Waals surface area contributed by atoms with Crippen molar-refractivity contribution in [2.75, 3.05) is 40.8 Å². The third-order valence-electron chi connectivity index (χ3n) is 5.41. The van der Waals surface area contributed by atoms with Gasteiger partial charge in [0.15, 0.2) is 5.96 Å². The van der Waals surface area contributed by atoms with Gasteiger partial charge in [0.25, 0.3) is 0 Å². The Morgan fingerprint density at radius 1 is 1.34 bits per heavy atom. The van der Waals surface area contributed by atoms with E-state index in [0.717, 1.165) is 37.0 Å². The van der Waals surface area contributed by atoms with E-state index in [2.05, 4.69) is 57.6 Å². The highest BCUT2D eigenvalue weighted by molar-refractivity contribution is 14.0. The number of rotatable bonds is 6. The van der Waals surface area contributed by atoms with Crippen molar-refractivity contribution in [3.8, 4) is 0 Å². The lowest BCUT2D eigenvalue weighted by atomic mass is 10.0. The van der Waals surface area contributed by atoms with E-state index in [4.69, 9.17) is 11.6 Å². The van der Waals surface area contributed by atoms with Gasteiger partial charge < -0.3 is 15.1 Å². The molecule has 29 heavy (non-hydrogen) atoms. The Labute approximate surface area is 196 Å². The number of aryl methyl sites for hydroxylation is 1. The van der Waals surface area contributed by atoms with Gasteiger partial charge in [0.1, 0.15) is 0 Å². The smallest absolute Gasteiger partial charge is 0.193 e. The summed E-state index contributed by atoms with van der Waals surface area (Å²) in [6, 6.07) is 8.34. The van der Waals surface area contributed by atoms with E-state index < -0.39 is 0 Å². The van der Waals surface area contributed by atoms with Crippen molar-refractivity contribution in [3.05, 3.63) is 52.8 Å². The molecule has 2 aromatic rings. The van der Waals surface area contributed by atoms with E-state index in [0.29, 0.717) is 5.92 Å². The van der Waals surface area contributed by atoms with Crippen LogP contribution in [-0.2, 0) is 13.5 Å². The van der Waals surface area contributed by atoms with E-state index in [1.54, 1.807) is 0 Å². The Balaban J connectivity index is 0.00000300. The monoisotopic (exact) mass is 530 g/mol. The number of aliphatic imine (C=N–C) groups is 1. The number of hydrogen-bond acceptors (Lipinski definition) is 3. The summed E-state index contributed by atoms with van der Waals surface area (Å²) >= 11 is 6.04. The molecule has 1 N–H and O–H groups in total. The minimum Gasteiger partial charge on any atom is -0.354 e. The lowest BCUT2D eigenvalue weighted by Crippen LogP contribution is -2.43. The second-order valence-electron chi connectivity index (χ2n) is 7.79. The molecule has 1 saturated heterocycles. The van der Waals surface area contributed by atoms with Crippen molar-refractivity contribution in [2.45, 2.75) is 18.9 Å². The highest BCUT2D eigenvalue weighted by Gasteiger charge is 2.26. The van der Waals surface area contributed by atoms with Crippen molar-refractivity contribution in [2.24, 2.45) is 18.0 Å². The fraction of sp³-hybridized carbons (Fsp3) is 0.524. The van der Waals surface area contributed by atoms with Crippen molar-refractivity contribution in [3.63, 3.8) is 0 Å². The van der Waals surface area contributed by atoms with Crippen LogP contribution in [0.2, 0.25) is 5.02 Å². The number of hydrogen-bond donors (Lipinski definition) is 1. The summed E-state index contributed by atoms with van der Waals surface area (Å²) < 4.78 is 1.88. The number of nitrogens with one attached hydrogen (secondary N) is 1. The molecule has 160 valence electrons. The van der Waals surface area contributed by atoms with Crippen LogP contribution in [0.1, 0.15) is 23.6 Å². The number of likely N-dealkylation sites (tertiary alicyclic amines) is 1.